The summed E-state index contributed by atoms with van der Waals surface area (Å²) >= 11 is 0. The maximum absolute atomic E-state index is 13.6. The quantitative estimate of drug-likeness (QED) is 0.687. The van der Waals surface area contributed by atoms with Crippen LogP contribution in [0.5, 0.6) is 0 Å². The number of hydrogen-bond acceptors (Lipinski definition) is 3. The number of nitrogens with two attached hydrogens (primary N) is 1. The van der Waals surface area contributed by atoms with Crippen molar-refractivity contribution in [3.63, 3.8) is 0 Å². The molecule has 1 unspecified atom stereocenters. The summed E-state index contributed by atoms with van der Waals surface area (Å²) in [5, 5.41) is 0. The minimum Gasteiger partial charge on any atom is -0.464 e. The van der Waals surface area contributed by atoms with E-state index in [-0.39, 0.29) is 12.2 Å². The van der Waals surface area contributed by atoms with Gasteiger partial charge in [0.2, 0.25) is 6.17 Å². The molecule has 2 N–H and O–H groups in total. The van der Waals surface area contributed by atoms with Crippen molar-refractivity contribution < 1.29 is 31.5 Å². The zero-order valence-corrected chi connectivity index (χ0v) is 10.4. The van der Waals surface area contributed by atoms with Gasteiger partial charge in [0.1, 0.15) is 5.82 Å². The van der Waals surface area contributed by atoms with Crippen molar-refractivity contribution in [3.8, 4) is 0 Å². The number of ether oxygens (including phenoxy) is 1. The van der Waals surface area contributed by atoms with Crippen molar-refractivity contribution in [2.24, 2.45) is 5.73 Å². The van der Waals surface area contributed by atoms with Gasteiger partial charge < -0.3 is 10.5 Å². The molecule has 1 aromatic rings. The molecule has 0 heterocycles. The monoisotopic (exact) mass is 297 g/mol. The highest BCUT2D eigenvalue weighted by Gasteiger charge is 2.36. The predicted octanol–water partition coefficient (Wildman–Crippen LogP) is 2.75. The molecule has 2 atom stereocenters. The molecular formula is C12H12F5NO2. The molecule has 0 radical (unpaired) electrons. The van der Waals surface area contributed by atoms with E-state index >= 15 is 0 Å². The Morgan fingerprint density at radius 1 is 1.40 bits per heavy atom. The Bertz CT molecular complexity index is 489. The largest absolute Gasteiger partial charge is 0.464 e. The molecule has 112 valence electrons. The summed E-state index contributed by atoms with van der Waals surface area (Å²) in [6, 6.07) is 0.124. The van der Waals surface area contributed by atoms with E-state index in [4.69, 9.17) is 5.73 Å². The Morgan fingerprint density at radius 2 is 2.00 bits per heavy atom. The number of alkyl halides is 4. The van der Waals surface area contributed by atoms with E-state index < -0.39 is 35.7 Å². The average molecular weight is 297 g/mol. The number of carbonyl (C=O) groups excluding carboxylic acids is 1. The molecule has 1 aromatic carbocycles. The van der Waals surface area contributed by atoms with Crippen molar-refractivity contribution in [1.29, 1.82) is 0 Å². The lowest BCUT2D eigenvalue weighted by atomic mass is 10.0. The number of halogens is 5. The second kappa shape index (κ2) is 6.17. The molecule has 0 saturated carbocycles. The fourth-order valence-corrected chi connectivity index (χ4v) is 1.50. The van der Waals surface area contributed by atoms with E-state index in [1.54, 1.807) is 0 Å². The van der Waals surface area contributed by atoms with Crippen LogP contribution in [0.2, 0.25) is 0 Å². The van der Waals surface area contributed by atoms with Crippen molar-refractivity contribution in [2.45, 2.75) is 25.3 Å². The fourth-order valence-electron chi connectivity index (χ4n) is 1.50. The maximum atomic E-state index is 13.6. The van der Waals surface area contributed by atoms with Crippen LogP contribution in [0, 0.1) is 5.82 Å². The minimum atomic E-state index is -4.93. The van der Waals surface area contributed by atoms with Crippen molar-refractivity contribution in [3.05, 3.63) is 35.1 Å². The van der Waals surface area contributed by atoms with Crippen LogP contribution >= 0.6 is 0 Å². The highest BCUT2D eigenvalue weighted by atomic mass is 19.4. The molecule has 0 amide bonds. The highest BCUT2D eigenvalue weighted by molar-refractivity contribution is 5.75. The Labute approximate surface area is 111 Å². The molecule has 0 aliphatic heterocycles. The summed E-state index contributed by atoms with van der Waals surface area (Å²) in [7, 11) is 0. The molecular weight excluding hydrogens is 285 g/mol. The first-order valence-electron chi connectivity index (χ1n) is 5.61. The van der Waals surface area contributed by atoms with Crippen LogP contribution in [0.1, 0.15) is 24.1 Å². The highest BCUT2D eigenvalue weighted by Crippen LogP contribution is 2.33. The van der Waals surface area contributed by atoms with Gasteiger partial charge in [-0.25, -0.2) is 13.6 Å². The molecule has 0 aromatic heterocycles. The zero-order valence-electron chi connectivity index (χ0n) is 10.4. The fraction of sp³-hybridized carbons (Fsp3) is 0.417. The molecule has 0 aliphatic rings. The van der Waals surface area contributed by atoms with E-state index in [0.717, 1.165) is 6.07 Å². The van der Waals surface area contributed by atoms with Gasteiger partial charge in [-0.3, -0.25) is 0 Å². The lowest BCUT2D eigenvalue weighted by molar-refractivity contribution is -0.149. The molecule has 8 heteroatoms. The predicted molar refractivity (Wildman–Crippen MR) is 59.9 cm³/mol. The van der Waals surface area contributed by atoms with Crippen LogP contribution in [-0.2, 0) is 15.7 Å². The second-order valence-corrected chi connectivity index (χ2v) is 3.92. The molecule has 0 fully saturated rings. The second-order valence-electron chi connectivity index (χ2n) is 3.92. The first kappa shape index (κ1) is 16.4. The third kappa shape index (κ3) is 3.66. The van der Waals surface area contributed by atoms with Crippen LogP contribution in [0.25, 0.3) is 0 Å². The molecule has 3 nitrogen and oxygen atoms in total. The van der Waals surface area contributed by atoms with Crippen molar-refractivity contribution >= 4 is 5.97 Å². The summed E-state index contributed by atoms with van der Waals surface area (Å²) < 4.78 is 68.6. The van der Waals surface area contributed by atoms with E-state index in [9.17, 15) is 26.7 Å². The number of esters is 1. The number of hydrogen-bond donors (Lipinski definition) is 1. The Balaban J connectivity index is 3.05. The van der Waals surface area contributed by atoms with Crippen molar-refractivity contribution in [1.82, 2.24) is 0 Å². The van der Waals surface area contributed by atoms with Gasteiger partial charge in [0.25, 0.3) is 0 Å². The van der Waals surface area contributed by atoms with Gasteiger partial charge in [0, 0.05) is 0 Å². The molecule has 0 bridgehead atoms. The van der Waals surface area contributed by atoms with Gasteiger partial charge >= 0.3 is 12.1 Å². The van der Waals surface area contributed by atoms with Gasteiger partial charge in [-0.05, 0) is 24.6 Å². The minimum absolute atomic E-state index is 0.0941. The molecule has 0 aliphatic carbocycles. The summed E-state index contributed by atoms with van der Waals surface area (Å²) in [5.41, 5.74) is 3.45. The van der Waals surface area contributed by atoms with Gasteiger partial charge in [0.15, 0.2) is 0 Å². The standard InChI is InChI=1S/C12H12F5NO2/c1-2-20-11(19)9(14)10(18)6-3-4-8(13)7(5-6)12(15,16)17/h3-5,9-10H,2,18H2,1H3/t9?,10-/m0/s1. The lowest BCUT2D eigenvalue weighted by Crippen LogP contribution is -2.31. The molecule has 0 saturated heterocycles. The normalized spacial score (nSPS) is 14.8. The first-order valence-corrected chi connectivity index (χ1v) is 5.61. The third-order valence-corrected chi connectivity index (χ3v) is 2.51. The Hall–Kier alpha value is -1.70. The topological polar surface area (TPSA) is 52.3 Å². The summed E-state index contributed by atoms with van der Waals surface area (Å²) in [4.78, 5) is 11.1. The van der Waals surface area contributed by atoms with E-state index in [1.165, 1.54) is 6.92 Å². The number of benzene rings is 1. The first-order chi connectivity index (χ1) is 9.18. The van der Waals surface area contributed by atoms with E-state index in [2.05, 4.69) is 4.74 Å². The van der Waals surface area contributed by atoms with Crippen LogP contribution in [0.15, 0.2) is 18.2 Å². The number of rotatable bonds is 4. The SMILES string of the molecule is CCOC(=O)C(F)[C@@H](N)c1ccc(F)c(C(F)(F)F)c1. The smallest absolute Gasteiger partial charge is 0.419 e. The third-order valence-electron chi connectivity index (χ3n) is 2.51. The Morgan fingerprint density at radius 3 is 2.50 bits per heavy atom. The molecule has 0 spiro atoms. The van der Waals surface area contributed by atoms with Crippen molar-refractivity contribution in [2.75, 3.05) is 6.61 Å². The Kier molecular flexibility index (Phi) is 5.04. The zero-order chi connectivity index (χ0) is 15.5. The van der Waals surface area contributed by atoms with Crippen LogP contribution < -0.4 is 5.73 Å². The number of carbonyl (C=O) groups is 1. The molecule has 20 heavy (non-hydrogen) atoms. The van der Waals surface area contributed by atoms with Crippen LogP contribution in [0.3, 0.4) is 0 Å². The summed E-state index contributed by atoms with van der Waals surface area (Å²) in [5.74, 6) is -2.78. The van der Waals surface area contributed by atoms with Gasteiger partial charge in [-0.2, -0.15) is 13.2 Å². The maximum Gasteiger partial charge on any atom is 0.419 e. The molecule has 1 rings (SSSR count). The van der Waals surface area contributed by atoms with Gasteiger partial charge in [-0.15, -0.1) is 0 Å². The van der Waals surface area contributed by atoms with E-state index in [0.29, 0.717) is 12.1 Å². The van der Waals surface area contributed by atoms with E-state index in [1.807, 2.05) is 0 Å². The summed E-state index contributed by atoms with van der Waals surface area (Å²) in [6.07, 6.45) is -7.27. The van der Waals surface area contributed by atoms with Crippen LogP contribution in [0.4, 0.5) is 22.0 Å². The van der Waals surface area contributed by atoms with Crippen LogP contribution in [-0.4, -0.2) is 18.7 Å². The average Bonchev–Trinajstić information content (AvgIpc) is 2.36. The lowest BCUT2D eigenvalue weighted by Gasteiger charge is -2.17. The van der Waals surface area contributed by atoms with Gasteiger partial charge in [0.05, 0.1) is 18.2 Å². The van der Waals surface area contributed by atoms with Gasteiger partial charge in [-0.1, -0.05) is 6.07 Å². The summed E-state index contributed by atoms with van der Waals surface area (Å²) in [6.45, 7) is 1.35.